The summed E-state index contributed by atoms with van der Waals surface area (Å²) in [7, 11) is -1.52. The lowest BCUT2D eigenvalue weighted by Gasteiger charge is -2.29. The van der Waals surface area contributed by atoms with E-state index >= 15 is 0 Å². The molecule has 0 aromatic carbocycles. The Morgan fingerprint density at radius 3 is 2.86 bits per heavy atom. The summed E-state index contributed by atoms with van der Waals surface area (Å²) in [6.45, 7) is 5.37. The van der Waals surface area contributed by atoms with Crippen molar-refractivity contribution in [3.63, 3.8) is 0 Å². The number of nitrogens with one attached hydrogen (secondary N) is 2. The van der Waals surface area contributed by atoms with Gasteiger partial charge in [-0.1, -0.05) is 13.0 Å². The molecule has 2 rings (SSSR count). The van der Waals surface area contributed by atoms with E-state index in [-0.39, 0.29) is 11.1 Å². The van der Waals surface area contributed by atoms with Crippen LogP contribution in [0.5, 0.6) is 0 Å². The Balaban J connectivity index is 2.01. The van der Waals surface area contributed by atoms with Crippen molar-refractivity contribution in [2.75, 3.05) is 26.7 Å². The number of likely N-dealkylation sites (N-methyl/N-ethyl adjacent to an activating group) is 1. The standard InChI is InChI=1S/C14H24N4O2S/c1-3-15-9-12-6-7-14(16-10-12)21(19,20)17-13-5-4-8-18(2)11-13/h6-7,10,13,15,17H,3-5,8-9,11H2,1-2H3. The molecule has 2 N–H and O–H groups in total. The van der Waals surface area contributed by atoms with Gasteiger partial charge in [0, 0.05) is 25.3 Å². The topological polar surface area (TPSA) is 74.3 Å². The number of pyridine rings is 1. The number of sulfonamides is 1. The molecule has 118 valence electrons. The van der Waals surface area contributed by atoms with Crippen LogP contribution in [-0.2, 0) is 16.6 Å². The molecular formula is C14H24N4O2S. The van der Waals surface area contributed by atoms with E-state index in [0.717, 1.165) is 38.0 Å². The summed E-state index contributed by atoms with van der Waals surface area (Å²) in [5.41, 5.74) is 0.980. The van der Waals surface area contributed by atoms with Crippen molar-refractivity contribution in [1.29, 1.82) is 0 Å². The zero-order valence-electron chi connectivity index (χ0n) is 12.7. The lowest BCUT2D eigenvalue weighted by Crippen LogP contribution is -2.46. The monoisotopic (exact) mass is 312 g/mol. The lowest BCUT2D eigenvalue weighted by molar-refractivity contribution is 0.242. The van der Waals surface area contributed by atoms with Crippen LogP contribution in [0.25, 0.3) is 0 Å². The molecule has 1 unspecified atom stereocenters. The third-order valence-corrected chi connectivity index (χ3v) is 5.03. The van der Waals surface area contributed by atoms with Crippen LogP contribution in [0.1, 0.15) is 25.3 Å². The van der Waals surface area contributed by atoms with Crippen LogP contribution in [-0.4, -0.2) is 51.0 Å². The van der Waals surface area contributed by atoms with E-state index in [1.165, 1.54) is 0 Å². The molecule has 0 amide bonds. The Hall–Kier alpha value is -1.02. The number of likely N-dealkylation sites (tertiary alicyclic amines) is 1. The Labute approximate surface area is 127 Å². The number of hydrogen-bond donors (Lipinski definition) is 2. The molecular weight excluding hydrogens is 288 g/mol. The Morgan fingerprint density at radius 1 is 1.43 bits per heavy atom. The summed E-state index contributed by atoms with van der Waals surface area (Å²) in [4.78, 5) is 6.23. The van der Waals surface area contributed by atoms with Gasteiger partial charge in [-0.05, 0) is 44.6 Å². The first kappa shape index (κ1) is 16.4. The van der Waals surface area contributed by atoms with E-state index in [4.69, 9.17) is 0 Å². The van der Waals surface area contributed by atoms with Crippen molar-refractivity contribution < 1.29 is 8.42 Å². The third-order valence-electron chi connectivity index (χ3n) is 3.60. The second-order valence-electron chi connectivity index (χ2n) is 5.51. The summed E-state index contributed by atoms with van der Waals surface area (Å²) >= 11 is 0. The van der Waals surface area contributed by atoms with Crippen molar-refractivity contribution >= 4 is 10.0 Å². The van der Waals surface area contributed by atoms with Gasteiger partial charge in [0.25, 0.3) is 10.0 Å². The second kappa shape index (κ2) is 7.31. The summed E-state index contributed by atoms with van der Waals surface area (Å²) in [5, 5.41) is 3.28. The maximum atomic E-state index is 12.3. The molecule has 0 radical (unpaired) electrons. The average molecular weight is 312 g/mol. The van der Waals surface area contributed by atoms with E-state index < -0.39 is 10.0 Å². The maximum absolute atomic E-state index is 12.3. The van der Waals surface area contributed by atoms with Gasteiger partial charge >= 0.3 is 0 Å². The zero-order valence-corrected chi connectivity index (χ0v) is 13.5. The molecule has 2 heterocycles. The van der Waals surface area contributed by atoms with E-state index in [9.17, 15) is 8.42 Å². The van der Waals surface area contributed by atoms with Crippen molar-refractivity contribution in [2.24, 2.45) is 0 Å². The van der Waals surface area contributed by atoms with Crippen LogP contribution in [0.3, 0.4) is 0 Å². The predicted octanol–water partition coefficient (Wildman–Crippen LogP) is 0.564. The minimum Gasteiger partial charge on any atom is -0.313 e. The van der Waals surface area contributed by atoms with E-state index in [1.807, 2.05) is 14.0 Å². The van der Waals surface area contributed by atoms with Gasteiger partial charge in [-0.3, -0.25) is 0 Å². The highest BCUT2D eigenvalue weighted by atomic mass is 32.2. The highest BCUT2D eigenvalue weighted by Gasteiger charge is 2.24. The minimum atomic E-state index is -3.53. The first-order valence-electron chi connectivity index (χ1n) is 7.38. The smallest absolute Gasteiger partial charge is 0.258 e. The van der Waals surface area contributed by atoms with E-state index in [2.05, 4.69) is 19.9 Å². The van der Waals surface area contributed by atoms with Crippen LogP contribution in [0.2, 0.25) is 0 Å². The van der Waals surface area contributed by atoms with Gasteiger partial charge in [0.05, 0.1) is 0 Å². The molecule has 1 fully saturated rings. The Bertz CT molecular complexity index is 545. The van der Waals surface area contributed by atoms with Gasteiger partial charge in [-0.25, -0.2) is 18.1 Å². The number of piperidine rings is 1. The molecule has 1 aromatic rings. The Morgan fingerprint density at radius 2 is 2.24 bits per heavy atom. The molecule has 1 aromatic heterocycles. The van der Waals surface area contributed by atoms with Gasteiger partial charge in [0.2, 0.25) is 0 Å². The van der Waals surface area contributed by atoms with Crippen LogP contribution >= 0.6 is 0 Å². The summed E-state index contributed by atoms with van der Waals surface area (Å²) in [5.74, 6) is 0. The maximum Gasteiger partial charge on any atom is 0.258 e. The second-order valence-corrected chi connectivity index (χ2v) is 7.17. The fourth-order valence-electron chi connectivity index (χ4n) is 2.49. The van der Waals surface area contributed by atoms with Crippen molar-refractivity contribution in [1.82, 2.24) is 19.9 Å². The number of nitrogens with zero attached hydrogens (tertiary/aromatic N) is 2. The van der Waals surface area contributed by atoms with Gasteiger partial charge in [-0.2, -0.15) is 0 Å². The minimum absolute atomic E-state index is 0.0306. The average Bonchev–Trinajstić information content (AvgIpc) is 2.45. The normalized spacial score (nSPS) is 20.6. The molecule has 1 aliphatic rings. The predicted molar refractivity (Wildman–Crippen MR) is 82.5 cm³/mol. The van der Waals surface area contributed by atoms with Crippen LogP contribution in [0.4, 0.5) is 0 Å². The number of rotatable bonds is 6. The summed E-state index contributed by atoms with van der Waals surface area (Å²) in [6, 6.07) is 3.34. The molecule has 0 spiro atoms. The molecule has 1 atom stereocenters. The molecule has 1 aliphatic heterocycles. The van der Waals surface area contributed by atoms with Gasteiger partial charge in [0.1, 0.15) is 0 Å². The Kier molecular flexibility index (Phi) is 5.69. The highest BCUT2D eigenvalue weighted by molar-refractivity contribution is 7.89. The number of hydrogen-bond acceptors (Lipinski definition) is 5. The largest absolute Gasteiger partial charge is 0.313 e. The van der Waals surface area contributed by atoms with Crippen LogP contribution in [0, 0.1) is 0 Å². The van der Waals surface area contributed by atoms with E-state index in [0.29, 0.717) is 6.54 Å². The fourth-order valence-corrected chi connectivity index (χ4v) is 3.68. The quantitative estimate of drug-likeness (QED) is 0.803. The van der Waals surface area contributed by atoms with Crippen molar-refractivity contribution in [3.8, 4) is 0 Å². The zero-order chi connectivity index (χ0) is 15.3. The molecule has 1 saturated heterocycles. The SMILES string of the molecule is CCNCc1ccc(S(=O)(=O)NC2CCCN(C)C2)nc1. The van der Waals surface area contributed by atoms with Crippen LogP contribution in [0.15, 0.2) is 23.4 Å². The lowest BCUT2D eigenvalue weighted by atomic mass is 10.1. The molecule has 6 nitrogen and oxygen atoms in total. The molecule has 0 saturated carbocycles. The molecule has 0 aliphatic carbocycles. The van der Waals surface area contributed by atoms with E-state index in [1.54, 1.807) is 18.3 Å². The van der Waals surface area contributed by atoms with Gasteiger partial charge in [0.15, 0.2) is 5.03 Å². The molecule has 0 bridgehead atoms. The molecule has 7 heteroatoms. The summed E-state index contributed by atoms with van der Waals surface area (Å²) < 4.78 is 27.4. The first-order chi connectivity index (χ1) is 10.0. The summed E-state index contributed by atoms with van der Waals surface area (Å²) in [6.07, 6.45) is 3.50. The number of aromatic nitrogens is 1. The highest BCUT2D eigenvalue weighted by Crippen LogP contribution is 2.12. The molecule has 21 heavy (non-hydrogen) atoms. The van der Waals surface area contributed by atoms with Gasteiger partial charge in [-0.15, -0.1) is 0 Å². The van der Waals surface area contributed by atoms with Gasteiger partial charge < -0.3 is 10.2 Å². The van der Waals surface area contributed by atoms with Crippen molar-refractivity contribution in [2.45, 2.75) is 37.4 Å². The fraction of sp³-hybridized carbons (Fsp3) is 0.643. The van der Waals surface area contributed by atoms with Crippen LogP contribution < -0.4 is 10.0 Å². The van der Waals surface area contributed by atoms with Crippen molar-refractivity contribution in [3.05, 3.63) is 23.9 Å². The first-order valence-corrected chi connectivity index (χ1v) is 8.86. The third kappa shape index (κ3) is 4.74.